The molecule has 0 amide bonds. The molecule has 1 aromatic rings. The lowest BCUT2D eigenvalue weighted by Gasteiger charge is -2.15. The van der Waals surface area contributed by atoms with Crippen LogP contribution < -0.4 is 5.32 Å². The molecule has 2 nitrogen and oxygen atoms in total. The van der Waals surface area contributed by atoms with Gasteiger partial charge in [0.15, 0.2) is 0 Å². The van der Waals surface area contributed by atoms with Gasteiger partial charge < -0.3 is 5.32 Å². The zero-order valence-corrected chi connectivity index (χ0v) is 12.5. The second-order valence-electron chi connectivity index (χ2n) is 4.65. The van der Waals surface area contributed by atoms with Crippen LogP contribution in [0.5, 0.6) is 0 Å². The zero-order valence-electron chi connectivity index (χ0n) is 11.7. The van der Waals surface area contributed by atoms with Gasteiger partial charge in [-0.25, -0.2) is 4.98 Å². The van der Waals surface area contributed by atoms with Crippen LogP contribution in [0, 0.1) is 13.8 Å². The summed E-state index contributed by atoms with van der Waals surface area (Å²) < 4.78 is 0. The number of unbranched alkanes of at least 4 members (excludes halogenated alkanes) is 3. The van der Waals surface area contributed by atoms with E-state index < -0.39 is 0 Å². The Morgan fingerprint density at radius 1 is 1.18 bits per heavy atom. The third-order valence-corrected chi connectivity index (χ3v) is 4.33. The quantitative estimate of drug-likeness (QED) is 0.696. The van der Waals surface area contributed by atoms with E-state index in [1.807, 2.05) is 11.3 Å². The van der Waals surface area contributed by atoms with Gasteiger partial charge in [-0.1, -0.05) is 39.5 Å². The van der Waals surface area contributed by atoms with E-state index >= 15 is 0 Å². The molecule has 1 aromatic heterocycles. The van der Waals surface area contributed by atoms with Gasteiger partial charge in [-0.15, -0.1) is 11.3 Å². The SMILES string of the molecule is CCCCCCC(NCC)c1nc(C)c(C)s1. The van der Waals surface area contributed by atoms with Gasteiger partial charge in [0.2, 0.25) is 0 Å². The van der Waals surface area contributed by atoms with Crippen molar-refractivity contribution in [2.45, 2.75) is 65.8 Å². The number of nitrogens with zero attached hydrogens (tertiary/aromatic N) is 1. The molecule has 0 saturated heterocycles. The average Bonchev–Trinajstić information content (AvgIpc) is 2.63. The lowest BCUT2D eigenvalue weighted by atomic mass is 10.1. The Morgan fingerprint density at radius 3 is 2.47 bits per heavy atom. The Morgan fingerprint density at radius 2 is 1.94 bits per heavy atom. The number of hydrogen-bond donors (Lipinski definition) is 1. The summed E-state index contributed by atoms with van der Waals surface area (Å²) in [7, 11) is 0. The Bertz CT molecular complexity index is 301. The molecular formula is C14H26N2S. The summed E-state index contributed by atoms with van der Waals surface area (Å²) in [5, 5.41) is 4.84. The van der Waals surface area contributed by atoms with Crippen molar-refractivity contribution in [2.75, 3.05) is 6.54 Å². The highest BCUT2D eigenvalue weighted by Gasteiger charge is 2.14. The highest BCUT2D eigenvalue weighted by Crippen LogP contribution is 2.26. The number of thiazole rings is 1. The first-order chi connectivity index (χ1) is 8.19. The predicted octanol–water partition coefficient (Wildman–Crippen LogP) is 4.38. The largest absolute Gasteiger partial charge is 0.308 e. The number of hydrogen-bond acceptors (Lipinski definition) is 3. The molecule has 1 atom stereocenters. The molecule has 0 aromatic carbocycles. The van der Waals surface area contributed by atoms with Crippen molar-refractivity contribution in [3.05, 3.63) is 15.6 Å². The van der Waals surface area contributed by atoms with Crippen molar-refractivity contribution in [1.29, 1.82) is 0 Å². The Labute approximate surface area is 110 Å². The standard InChI is InChI=1S/C14H26N2S/c1-5-7-8-9-10-13(15-6-2)14-16-11(3)12(4)17-14/h13,15H,5-10H2,1-4H3. The van der Waals surface area contributed by atoms with Crippen LogP contribution in [0.2, 0.25) is 0 Å². The fourth-order valence-corrected chi connectivity index (χ4v) is 3.01. The van der Waals surface area contributed by atoms with E-state index in [1.165, 1.54) is 47.7 Å². The highest BCUT2D eigenvalue weighted by atomic mass is 32.1. The van der Waals surface area contributed by atoms with Gasteiger partial charge in [0.1, 0.15) is 5.01 Å². The van der Waals surface area contributed by atoms with Gasteiger partial charge in [-0.3, -0.25) is 0 Å². The summed E-state index contributed by atoms with van der Waals surface area (Å²) in [5.41, 5.74) is 1.20. The van der Waals surface area contributed by atoms with Crippen molar-refractivity contribution in [2.24, 2.45) is 0 Å². The van der Waals surface area contributed by atoms with Crippen LogP contribution in [0.4, 0.5) is 0 Å². The lowest BCUT2D eigenvalue weighted by Crippen LogP contribution is -2.20. The maximum absolute atomic E-state index is 4.68. The average molecular weight is 254 g/mol. The van der Waals surface area contributed by atoms with Gasteiger partial charge in [0.25, 0.3) is 0 Å². The summed E-state index contributed by atoms with van der Waals surface area (Å²) in [6.45, 7) is 9.73. The van der Waals surface area contributed by atoms with Crippen molar-refractivity contribution >= 4 is 11.3 Å². The predicted molar refractivity (Wildman–Crippen MR) is 76.8 cm³/mol. The maximum atomic E-state index is 4.68. The molecule has 1 N–H and O–H groups in total. The minimum atomic E-state index is 0.467. The second-order valence-corrected chi connectivity index (χ2v) is 5.89. The number of nitrogens with one attached hydrogen (secondary N) is 1. The fourth-order valence-electron chi connectivity index (χ4n) is 1.98. The van der Waals surface area contributed by atoms with Crippen LogP contribution in [-0.4, -0.2) is 11.5 Å². The second kappa shape index (κ2) is 7.83. The first-order valence-electron chi connectivity index (χ1n) is 6.86. The first-order valence-corrected chi connectivity index (χ1v) is 7.68. The van der Waals surface area contributed by atoms with Crippen molar-refractivity contribution in [3.8, 4) is 0 Å². The highest BCUT2D eigenvalue weighted by molar-refractivity contribution is 7.11. The van der Waals surface area contributed by atoms with E-state index in [0.29, 0.717) is 6.04 Å². The summed E-state index contributed by atoms with van der Waals surface area (Å²) >= 11 is 1.85. The van der Waals surface area contributed by atoms with Crippen LogP contribution >= 0.6 is 11.3 Å². The fraction of sp³-hybridized carbons (Fsp3) is 0.786. The van der Waals surface area contributed by atoms with Gasteiger partial charge in [-0.05, 0) is 26.8 Å². The number of aromatic nitrogens is 1. The monoisotopic (exact) mass is 254 g/mol. The van der Waals surface area contributed by atoms with E-state index in [1.54, 1.807) is 0 Å². The zero-order chi connectivity index (χ0) is 12.7. The molecule has 1 rings (SSSR count). The van der Waals surface area contributed by atoms with Crippen molar-refractivity contribution in [1.82, 2.24) is 10.3 Å². The molecule has 17 heavy (non-hydrogen) atoms. The summed E-state index contributed by atoms with van der Waals surface area (Å²) in [5.74, 6) is 0. The number of rotatable bonds is 8. The van der Waals surface area contributed by atoms with E-state index in [4.69, 9.17) is 0 Å². The van der Waals surface area contributed by atoms with Gasteiger partial charge in [0.05, 0.1) is 11.7 Å². The lowest BCUT2D eigenvalue weighted by molar-refractivity contribution is 0.479. The topological polar surface area (TPSA) is 24.9 Å². The molecular weight excluding hydrogens is 228 g/mol. The normalized spacial score (nSPS) is 12.9. The molecule has 0 radical (unpaired) electrons. The minimum absolute atomic E-state index is 0.467. The first kappa shape index (κ1) is 14.7. The van der Waals surface area contributed by atoms with E-state index in [2.05, 4.69) is 38.0 Å². The Kier molecular flexibility index (Phi) is 6.75. The molecule has 0 aliphatic carbocycles. The Balaban J connectivity index is 2.52. The molecule has 0 bridgehead atoms. The third-order valence-electron chi connectivity index (χ3n) is 3.14. The third kappa shape index (κ3) is 4.76. The number of aryl methyl sites for hydroxylation is 2. The molecule has 0 spiro atoms. The van der Waals surface area contributed by atoms with Crippen LogP contribution in [0.3, 0.4) is 0 Å². The molecule has 3 heteroatoms. The molecule has 1 heterocycles. The smallest absolute Gasteiger partial charge is 0.110 e. The molecule has 0 aliphatic heterocycles. The van der Waals surface area contributed by atoms with E-state index in [9.17, 15) is 0 Å². The minimum Gasteiger partial charge on any atom is -0.308 e. The van der Waals surface area contributed by atoms with Gasteiger partial charge in [0, 0.05) is 4.88 Å². The van der Waals surface area contributed by atoms with Crippen LogP contribution in [0.1, 0.15) is 67.6 Å². The molecule has 0 fully saturated rings. The Hall–Kier alpha value is -0.410. The summed E-state index contributed by atoms with van der Waals surface area (Å²) in [6, 6.07) is 0.467. The van der Waals surface area contributed by atoms with Gasteiger partial charge in [-0.2, -0.15) is 0 Å². The maximum Gasteiger partial charge on any atom is 0.110 e. The summed E-state index contributed by atoms with van der Waals surface area (Å²) in [6.07, 6.45) is 6.54. The van der Waals surface area contributed by atoms with Crippen molar-refractivity contribution in [3.63, 3.8) is 0 Å². The van der Waals surface area contributed by atoms with Crippen LogP contribution in [0.15, 0.2) is 0 Å². The molecule has 0 saturated carbocycles. The molecule has 1 unspecified atom stereocenters. The van der Waals surface area contributed by atoms with E-state index in [-0.39, 0.29) is 0 Å². The molecule has 0 aliphatic rings. The van der Waals surface area contributed by atoms with Crippen molar-refractivity contribution < 1.29 is 0 Å². The van der Waals surface area contributed by atoms with Crippen LogP contribution in [-0.2, 0) is 0 Å². The van der Waals surface area contributed by atoms with Gasteiger partial charge >= 0.3 is 0 Å². The van der Waals surface area contributed by atoms with E-state index in [0.717, 1.165) is 6.54 Å². The van der Waals surface area contributed by atoms with Crippen LogP contribution in [0.25, 0.3) is 0 Å². The molecule has 98 valence electrons. The summed E-state index contributed by atoms with van der Waals surface area (Å²) in [4.78, 5) is 6.04.